The number of nitrogens with zero attached hydrogens (tertiary/aromatic N) is 2. The van der Waals surface area contributed by atoms with Crippen LogP contribution >= 0.6 is 0 Å². The minimum atomic E-state index is -3.80. The van der Waals surface area contributed by atoms with Crippen LogP contribution in [0.3, 0.4) is 0 Å². The summed E-state index contributed by atoms with van der Waals surface area (Å²) in [6, 6.07) is 13.6. The first kappa shape index (κ1) is 23.6. The summed E-state index contributed by atoms with van der Waals surface area (Å²) < 4.78 is 28.0. The number of rotatable bonds is 9. The monoisotopic (exact) mass is 431 g/mol. The Labute approximate surface area is 178 Å². The van der Waals surface area contributed by atoms with E-state index in [1.807, 2.05) is 44.2 Å². The number of hydrogen-bond donors (Lipinski definition) is 1. The minimum absolute atomic E-state index is 0.0100. The third-order valence-corrected chi connectivity index (χ3v) is 6.29. The maximum Gasteiger partial charge on any atom is 0.254 e. The smallest absolute Gasteiger partial charge is 0.254 e. The van der Waals surface area contributed by atoms with Crippen LogP contribution in [0, 0.1) is 6.92 Å². The van der Waals surface area contributed by atoms with Crippen molar-refractivity contribution in [2.24, 2.45) is 0 Å². The van der Waals surface area contributed by atoms with Gasteiger partial charge in [0.15, 0.2) is 0 Å². The number of benzene rings is 2. The van der Waals surface area contributed by atoms with Crippen LogP contribution in [0.25, 0.3) is 0 Å². The van der Waals surface area contributed by atoms with Gasteiger partial charge in [-0.3, -0.25) is 9.59 Å². The Balaban J connectivity index is 2.19. The van der Waals surface area contributed by atoms with Crippen LogP contribution in [-0.2, 0) is 21.4 Å². The summed E-state index contributed by atoms with van der Waals surface area (Å²) >= 11 is 0. The summed E-state index contributed by atoms with van der Waals surface area (Å²) in [6.07, 6.45) is 0. The van der Waals surface area contributed by atoms with Crippen molar-refractivity contribution in [2.75, 3.05) is 26.7 Å². The van der Waals surface area contributed by atoms with E-state index in [-0.39, 0.29) is 29.5 Å². The number of carbonyl (C=O) groups excluding carboxylic acids is 2. The van der Waals surface area contributed by atoms with Gasteiger partial charge < -0.3 is 9.80 Å². The summed E-state index contributed by atoms with van der Waals surface area (Å²) in [5.41, 5.74) is 1.73. The zero-order chi connectivity index (χ0) is 22.3. The molecular formula is C22H29N3O4S. The molecule has 0 saturated carbocycles. The number of likely N-dealkylation sites (N-methyl/N-ethyl adjacent to an activating group) is 2. The molecule has 0 fully saturated rings. The molecule has 0 unspecified atom stereocenters. The molecule has 1 N–H and O–H groups in total. The molecule has 0 bridgehead atoms. The molecule has 0 aliphatic rings. The van der Waals surface area contributed by atoms with Gasteiger partial charge in [-0.05, 0) is 44.0 Å². The summed E-state index contributed by atoms with van der Waals surface area (Å²) in [6.45, 7) is 6.71. The second-order valence-corrected chi connectivity index (χ2v) is 8.78. The maximum absolute atomic E-state index is 12.9. The Kier molecular flexibility index (Phi) is 8.14. The van der Waals surface area contributed by atoms with E-state index in [0.29, 0.717) is 18.7 Å². The fourth-order valence-corrected chi connectivity index (χ4v) is 4.06. The highest BCUT2D eigenvalue weighted by Crippen LogP contribution is 2.18. The van der Waals surface area contributed by atoms with E-state index < -0.39 is 15.9 Å². The maximum atomic E-state index is 12.9. The topological polar surface area (TPSA) is 86.8 Å². The minimum Gasteiger partial charge on any atom is -0.342 e. The van der Waals surface area contributed by atoms with Crippen LogP contribution in [0.4, 0.5) is 0 Å². The molecule has 7 nitrogen and oxygen atoms in total. The number of amides is 2. The van der Waals surface area contributed by atoms with Gasteiger partial charge in [0.25, 0.3) is 5.91 Å². The number of sulfonamides is 1. The molecule has 8 heteroatoms. The lowest BCUT2D eigenvalue weighted by Gasteiger charge is -2.23. The van der Waals surface area contributed by atoms with E-state index >= 15 is 0 Å². The van der Waals surface area contributed by atoms with Gasteiger partial charge in [-0.1, -0.05) is 36.4 Å². The molecule has 0 atom stereocenters. The first-order chi connectivity index (χ1) is 14.2. The van der Waals surface area contributed by atoms with Crippen molar-refractivity contribution < 1.29 is 18.0 Å². The van der Waals surface area contributed by atoms with E-state index in [9.17, 15) is 18.0 Å². The summed E-state index contributed by atoms with van der Waals surface area (Å²) in [5.74, 6) is -0.546. The van der Waals surface area contributed by atoms with Crippen LogP contribution in [-0.4, -0.2) is 56.7 Å². The lowest BCUT2D eigenvalue weighted by Crippen LogP contribution is -2.41. The highest BCUT2D eigenvalue weighted by atomic mass is 32.2. The van der Waals surface area contributed by atoms with Crippen LogP contribution in [0.5, 0.6) is 0 Å². The third-order valence-electron chi connectivity index (χ3n) is 4.89. The van der Waals surface area contributed by atoms with Crippen molar-refractivity contribution in [3.63, 3.8) is 0 Å². The number of carbonyl (C=O) groups is 2. The quantitative estimate of drug-likeness (QED) is 0.661. The molecule has 2 amide bonds. The zero-order valence-electron chi connectivity index (χ0n) is 17.9. The Hall–Kier alpha value is -2.71. The normalized spacial score (nSPS) is 11.2. The zero-order valence-corrected chi connectivity index (χ0v) is 18.7. The molecule has 0 spiro atoms. The Morgan fingerprint density at radius 1 is 1.00 bits per heavy atom. The number of aryl methyl sites for hydroxylation is 1. The molecule has 162 valence electrons. The van der Waals surface area contributed by atoms with Gasteiger partial charge in [-0.2, -0.15) is 0 Å². The van der Waals surface area contributed by atoms with Crippen molar-refractivity contribution in [3.8, 4) is 0 Å². The van der Waals surface area contributed by atoms with Crippen LogP contribution in [0.2, 0.25) is 0 Å². The Bertz CT molecular complexity index is 987. The molecule has 0 radical (unpaired) electrons. The average Bonchev–Trinajstić information content (AvgIpc) is 2.73. The predicted octanol–water partition coefficient (Wildman–Crippen LogP) is 2.41. The summed E-state index contributed by atoms with van der Waals surface area (Å²) in [7, 11) is -2.26. The molecule has 0 saturated heterocycles. The van der Waals surface area contributed by atoms with E-state index in [1.165, 1.54) is 24.1 Å². The van der Waals surface area contributed by atoms with E-state index in [2.05, 4.69) is 4.72 Å². The molecule has 2 rings (SSSR count). The second-order valence-electron chi connectivity index (χ2n) is 7.01. The first-order valence-corrected chi connectivity index (χ1v) is 11.3. The van der Waals surface area contributed by atoms with Crippen LogP contribution in [0.15, 0.2) is 53.4 Å². The van der Waals surface area contributed by atoms with Crippen molar-refractivity contribution in [1.82, 2.24) is 14.5 Å². The van der Waals surface area contributed by atoms with Crippen molar-refractivity contribution in [3.05, 3.63) is 65.2 Å². The highest BCUT2D eigenvalue weighted by molar-refractivity contribution is 7.89. The van der Waals surface area contributed by atoms with Crippen molar-refractivity contribution in [2.45, 2.75) is 32.2 Å². The highest BCUT2D eigenvalue weighted by Gasteiger charge is 2.22. The largest absolute Gasteiger partial charge is 0.342 e. The van der Waals surface area contributed by atoms with Gasteiger partial charge in [0, 0.05) is 32.2 Å². The summed E-state index contributed by atoms with van der Waals surface area (Å²) in [5, 5.41) is 0. The Morgan fingerprint density at radius 3 is 2.23 bits per heavy atom. The lowest BCUT2D eigenvalue weighted by molar-refractivity contribution is -0.131. The predicted molar refractivity (Wildman–Crippen MR) is 117 cm³/mol. The molecular weight excluding hydrogens is 402 g/mol. The molecule has 0 aliphatic carbocycles. The summed E-state index contributed by atoms with van der Waals surface area (Å²) in [4.78, 5) is 28.2. The standard InChI is InChI=1S/C22H29N3O4S/c1-5-25(6-2)21(26)16-24(4)22(27)20-14-19(13-12-17(20)3)30(28,29)23-15-18-10-8-7-9-11-18/h7-14,23H,5-6,15-16H2,1-4H3. The SMILES string of the molecule is CCN(CC)C(=O)CN(C)C(=O)c1cc(S(=O)(=O)NCc2ccccc2)ccc1C. The second kappa shape index (κ2) is 10.4. The fourth-order valence-electron chi connectivity index (χ4n) is 3.01. The van der Waals surface area contributed by atoms with Crippen molar-refractivity contribution >= 4 is 21.8 Å². The van der Waals surface area contributed by atoms with E-state index in [4.69, 9.17) is 0 Å². The number of hydrogen-bond acceptors (Lipinski definition) is 4. The third kappa shape index (κ3) is 5.90. The molecule has 0 aromatic heterocycles. The van der Waals surface area contributed by atoms with Gasteiger partial charge >= 0.3 is 0 Å². The Morgan fingerprint density at radius 2 is 1.63 bits per heavy atom. The van der Waals surface area contributed by atoms with Crippen molar-refractivity contribution in [1.29, 1.82) is 0 Å². The van der Waals surface area contributed by atoms with Gasteiger partial charge in [0.2, 0.25) is 15.9 Å². The molecule has 2 aromatic rings. The van der Waals surface area contributed by atoms with Gasteiger partial charge in [0.05, 0.1) is 11.4 Å². The fraction of sp³-hybridized carbons (Fsp3) is 0.364. The first-order valence-electron chi connectivity index (χ1n) is 9.87. The number of nitrogens with one attached hydrogen (secondary N) is 1. The van der Waals surface area contributed by atoms with E-state index in [1.54, 1.807) is 17.9 Å². The van der Waals surface area contributed by atoms with Gasteiger partial charge in [-0.25, -0.2) is 13.1 Å². The lowest BCUT2D eigenvalue weighted by atomic mass is 10.1. The average molecular weight is 432 g/mol. The molecule has 30 heavy (non-hydrogen) atoms. The van der Waals surface area contributed by atoms with Crippen LogP contribution < -0.4 is 4.72 Å². The molecule has 2 aromatic carbocycles. The van der Waals surface area contributed by atoms with Gasteiger partial charge in [-0.15, -0.1) is 0 Å². The van der Waals surface area contributed by atoms with Crippen LogP contribution in [0.1, 0.15) is 35.3 Å². The van der Waals surface area contributed by atoms with E-state index in [0.717, 1.165) is 5.56 Å². The molecule has 0 aliphatic heterocycles. The van der Waals surface area contributed by atoms with Gasteiger partial charge in [0.1, 0.15) is 0 Å². The molecule has 0 heterocycles.